The highest BCUT2D eigenvalue weighted by Gasteiger charge is 2.27. The first-order chi connectivity index (χ1) is 7.81. The molecule has 4 N–H and O–H groups in total. The van der Waals surface area contributed by atoms with E-state index < -0.39 is 18.7 Å². The van der Waals surface area contributed by atoms with Crippen LogP contribution in [0.15, 0.2) is 6.20 Å². The minimum atomic E-state index is -4.38. The van der Waals surface area contributed by atoms with Gasteiger partial charge in [-0.15, -0.1) is 0 Å². The van der Waals surface area contributed by atoms with Gasteiger partial charge in [0.05, 0.1) is 25.0 Å². The number of hydrogen-bond donors (Lipinski definition) is 2. The molecule has 0 aliphatic carbocycles. The largest absolute Gasteiger partial charge is 0.411 e. The molecule has 1 aromatic rings. The van der Waals surface area contributed by atoms with Crippen LogP contribution in [-0.4, -0.2) is 35.1 Å². The van der Waals surface area contributed by atoms with Gasteiger partial charge in [-0.3, -0.25) is 9.48 Å². The third kappa shape index (κ3) is 3.94. The lowest BCUT2D eigenvalue weighted by atomic mass is 10.3. The van der Waals surface area contributed by atoms with Crippen LogP contribution in [0.1, 0.15) is 10.5 Å². The van der Waals surface area contributed by atoms with E-state index in [9.17, 15) is 18.0 Å². The number of carbonyl (C=O) groups is 1. The fourth-order valence-corrected chi connectivity index (χ4v) is 1.18. The van der Waals surface area contributed by atoms with Gasteiger partial charge in [-0.2, -0.15) is 18.3 Å². The van der Waals surface area contributed by atoms with Gasteiger partial charge in [0.1, 0.15) is 12.3 Å². The molecular formula is C8H11F3N4O2. The topological polar surface area (TPSA) is 96.2 Å². The van der Waals surface area contributed by atoms with E-state index in [0.29, 0.717) is 0 Å². The zero-order valence-electron chi connectivity index (χ0n) is 8.70. The Balaban J connectivity index is 2.50. The molecule has 9 heteroatoms. The zero-order chi connectivity index (χ0) is 13.1. The van der Waals surface area contributed by atoms with Crippen molar-refractivity contribution in [2.75, 3.05) is 18.9 Å². The van der Waals surface area contributed by atoms with Crippen molar-refractivity contribution in [1.29, 1.82) is 0 Å². The van der Waals surface area contributed by atoms with Crippen LogP contribution in [-0.2, 0) is 11.3 Å². The van der Waals surface area contributed by atoms with Crippen LogP contribution >= 0.6 is 0 Å². The van der Waals surface area contributed by atoms with Gasteiger partial charge < -0.3 is 16.2 Å². The Morgan fingerprint density at radius 2 is 2.18 bits per heavy atom. The van der Waals surface area contributed by atoms with E-state index in [1.165, 1.54) is 6.20 Å². The summed E-state index contributed by atoms with van der Waals surface area (Å²) in [6.07, 6.45) is -3.18. The van der Waals surface area contributed by atoms with Crippen molar-refractivity contribution in [2.24, 2.45) is 5.73 Å². The SMILES string of the molecule is NC(=O)c1c(N)cnn1CCOCC(F)(F)F. The molecular weight excluding hydrogens is 241 g/mol. The molecule has 0 spiro atoms. The van der Waals surface area contributed by atoms with E-state index >= 15 is 0 Å². The predicted octanol–water partition coefficient (Wildman–Crippen LogP) is 0.143. The normalized spacial score (nSPS) is 11.7. The quantitative estimate of drug-likeness (QED) is 0.728. The van der Waals surface area contributed by atoms with Gasteiger partial charge in [-0.25, -0.2) is 0 Å². The Bertz CT molecular complexity index is 402. The number of alkyl halides is 3. The van der Waals surface area contributed by atoms with Gasteiger partial charge in [0, 0.05) is 0 Å². The van der Waals surface area contributed by atoms with Gasteiger partial charge in [-0.05, 0) is 0 Å². The minimum absolute atomic E-state index is 0.0362. The summed E-state index contributed by atoms with van der Waals surface area (Å²) in [6, 6.07) is 0. The Morgan fingerprint density at radius 1 is 1.53 bits per heavy atom. The second kappa shape index (κ2) is 5.04. The Morgan fingerprint density at radius 3 is 2.71 bits per heavy atom. The average Bonchev–Trinajstić information content (AvgIpc) is 2.53. The van der Waals surface area contributed by atoms with Crippen molar-refractivity contribution in [3.63, 3.8) is 0 Å². The summed E-state index contributed by atoms with van der Waals surface area (Å²) in [4.78, 5) is 11.0. The number of aromatic nitrogens is 2. The first kappa shape index (κ1) is 13.3. The highest BCUT2D eigenvalue weighted by molar-refractivity contribution is 5.96. The summed E-state index contributed by atoms with van der Waals surface area (Å²) in [5.74, 6) is -0.796. The molecule has 1 amide bonds. The average molecular weight is 252 g/mol. The third-order valence-electron chi connectivity index (χ3n) is 1.81. The van der Waals surface area contributed by atoms with Crippen molar-refractivity contribution < 1.29 is 22.7 Å². The predicted molar refractivity (Wildman–Crippen MR) is 52.0 cm³/mol. The molecule has 0 aromatic carbocycles. The number of nitrogens with two attached hydrogens (primary N) is 2. The van der Waals surface area contributed by atoms with E-state index in [0.717, 1.165) is 4.68 Å². The number of nitrogens with zero attached hydrogens (tertiary/aromatic N) is 2. The second-order valence-corrected chi connectivity index (χ2v) is 3.20. The molecule has 0 aliphatic heterocycles. The zero-order valence-corrected chi connectivity index (χ0v) is 8.70. The van der Waals surface area contributed by atoms with Gasteiger partial charge in [-0.1, -0.05) is 0 Å². The van der Waals surface area contributed by atoms with Crippen LogP contribution < -0.4 is 11.5 Å². The number of anilines is 1. The van der Waals surface area contributed by atoms with Crippen LogP contribution in [0.2, 0.25) is 0 Å². The molecule has 0 saturated carbocycles. The first-order valence-corrected chi connectivity index (χ1v) is 4.57. The number of halogens is 3. The van der Waals surface area contributed by atoms with Gasteiger partial charge >= 0.3 is 6.18 Å². The number of primary amides is 1. The molecule has 17 heavy (non-hydrogen) atoms. The number of rotatable bonds is 5. The molecule has 0 atom stereocenters. The molecule has 1 heterocycles. The number of carbonyl (C=O) groups excluding carboxylic acids is 1. The highest BCUT2D eigenvalue weighted by Crippen LogP contribution is 2.14. The summed E-state index contributed by atoms with van der Waals surface area (Å²) in [7, 11) is 0. The smallest absolute Gasteiger partial charge is 0.396 e. The fourth-order valence-electron chi connectivity index (χ4n) is 1.18. The summed E-state index contributed by atoms with van der Waals surface area (Å²) in [5.41, 5.74) is 10.5. The first-order valence-electron chi connectivity index (χ1n) is 4.57. The maximum Gasteiger partial charge on any atom is 0.411 e. The lowest BCUT2D eigenvalue weighted by Gasteiger charge is -2.08. The monoisotopic (exact) mass is 252 g/mol. The molecule has 0 fully saturated rings. The molecule has 0 radical (unpaired) electrons. The number of nitrogen functional groups attached to an aromatic ring is 1. The molecule has 1 aromatic heterocycles. The molecule has 0 saturated heterocycles. The van der Waals surface area contributed by atoms with Gasteiger partial charge in [0.15, 0.2) is 0 Å². The van der Waals surface area contributed by atoms with Gasteiger partial charge in [0.25, 0.3) is 5.91 Å². The van der Waals surface area contributed by atoms with E-state index in [-0.39, 0.29) is 24.5 Å². The fraction of sp³-hybridized carbons (Fsp3) is 0.500. The lowest BCUT2D eigenvalue weighted by molar-refractivity contribution is -0.174. The number of ether oxygens (including phenoxy) is 1. The standard InChI is InChI=1S/C8H11F3N4O2/c9-8(10,11)4-17-2-1-15-6(7(13)16)5(12)3-14-15/h3H,1-2,4,12H2,(H2,13,16). The van der Waals surface area contributed by atoms with E-state index in [1.807, 2.05) is 0 Å². The van der Waals surface area contributed by atoms with Crippen molar-refractivity contribution in [3.05, 3.63) is 11.9 Å². The Labute approximate surface area is 94.3 Å². The van der Waals surface area contributed by atoms with Crippen LogP contribution in [0.4, 0.5) is 18.9 Å². The lowest BCUT2D eigenvalue weighted by Crippen LogP contribution is -2.23. The van der Waals surface area contributed by atoms with Crippen LogP contribution in [0, 0.1) is 0 Å². The van der Waals surface area contributed by atoms with Crippen molar-refractivity contribution in [3.8, 4) is 0 Å². The van der Waals surface area contributed by atoms with Crippen LogP contribution in [0.3, 0.4) is 0 Å². The summed E-state index contributed by atoms with van der Waals surface area (Å²) in [6.45, 7) is -1.64. The number of amides is 1. The molecule has 6 nitrogen and oxygen atoms in total. The Kier molecular flexibility index (Phi) is 3.94. The highest BCUT2D eigenvalue weighted by atomic mass is 19.4. The molecule has 0 unspecified atom stereocenters. The molecule has 96 valence electrons. The van der Waals surface area contributed by atoms with Crippen molar-refractivity contribution in [2.45, 2.75) is 12.7 Å². The van der Waals surface area contributed by atoms with E-state index in [1.54, 1.807) is 0 Å². The summed E-state index contributed by atoms with van der Waals surface area (Å²) < 4.78 is 40.7. The molecule has 1 rings (SSSR count). The second-order valence-electron chi connectivity index (χ2n) is 3.20. The minimum Gasteiger partial charge on any atom is -0.396 e. The maximum atomic E-state index is 11.8. The van der Waals surface area contributed by atoms with E-state index in [2.05, 4.69) is 9.84 Å². The van der Waals surface area contributed by atoms with Crippen LogP contribution in [0.25, 0.3) is 0 Å². The van der Waals surface area contributed by atoms with Crippen LogP contribution in [0.5, 0.6) is 0 Å². The third-order valence-corrected chi connectivity index (χ3v) is 1.81. The Hall–Kier alpha value is -1.77. The van der Waals surface area contributed by atoms with E-state index in [4.69, 9.17) is 11.5 Å². The molecule has 0 bridgehead atoms. The summed E-state index contributed by atoms with van der Waals surface area (Å²) in [5, 5.41) is 3.70. The molecule has 0 aliphatic rings. The maximum absolute atomic E-state index is 11.8. The van der Waals surface area contributed by atoms with Gasteiger partial charge in [0.2, 0.25) is 0 Å². The van der Waals surface area contributed by atoms with Crippen molar-refractivity contribution >= 4 is 11.6 Å². The van der Waals surface area contributed by atoms with Crippen molar-refractivity contribution in [1.82, 2.24) is 9.78 Å². The number of hydrogen-bond acceptors (Lipinski definition) is 4. The summed E-state index contributed by atoms with van der Waals surface area (Å²) >= 11 is 0.